The van der Waals surface area contributed by atoms with Gasteiger partial charge in [-0.1, -0.05) is 31.2 Å². The first kappa shape index (κ1) is 30.9. The van der Waals surface area contributed by atoms with Gasteiger partial charge in [0.1, 0.15) is 11.4 Å². The zero-order valence-corrected chi connectivity index (χ0v) is 25.1. The monoisotopic (exact) mass is 563 g/mol. The van der Waals surface area contributed by atoms with Crippen molar-refractivity contribution < 1.29 is 14.3 Å². The van der Waals surface area contributed by atoms with Crippen LogP contribution in [-0.2, 0) is 29.0 Å². The summed E-state index contributed by atoms with van der Waals surface area (Å²) in [6.45, 7) is 16.6. The van der Waals surface area contributed by atoms with Gasteiger partial charge < -0.3 is 25.1 Å². The average molecular weight is 564 g/mol. The molecule has 0 radical (unpaired) electrons. The van der Waals surface area contributed by atoms with E-state index < -0.39 is 5.60 Å². The number of amides is 2. The van der Waals surface area contributed by atoms with Crippen LogP contribution >= 0.6 is 11.3 Å². The first-order chi connectivity index (χ1) is 19.0. The van der Waals surface area contributed by atoms with Gasteiger partial charge in [0, 0.05) is 50.0 Å². The van der Waals surface area contributed by atoms with E-state index in [1.54, 1.807) is 23.3 Å². The lowest BCUT2D eigenvalue weighted by molar-refractivity contribution is -0.127. The van der Waals surface area contributed by atoms with Crippen molar-refractivity contribution in [2.24, 2.45) is 10.7 Å². The molecule has 0 atom stereocenters. The first-order valence-electron chi connectivity index (χ1n) is 13.8. The number of hydrogen-bond donors (Lipinski definition) is 1. The summed E-state index contributed by atoms with van der Waals surface area (Å²) in [5.74, 6) is 0.402. The molecule has 0 spiro atoms. The molecule has 2 aromatic rings. The van der Waals surface area contributed by atoms with Gasteiger partial charge in [0.05, 0.1) is 10.6 Å². The average Bonchev–Trinajstić information content (AvgIpc) is 3.18. The number of hydrogen-bond acceptors (Lipinski definition) is 6. The standard InChI is InChI=1S/C31H41N5O3S/c1-7-16-36(21-23-13-11-22(12-14-23)20-35(6)30(38)39-31(2,3)4)29(37)24-17-27-26(34-28(32)18-24)19-25(40-27)10-8-9-15-33-5/h11-14,17,19H,7-10,15-16,18,20-21H2,1-4,6H3,(H2,32,34). The Morgan fingerprint density at radius 1 is 1.15 bits per heavy atom. The molecule has 0 fully saturated rings. The number of rotatable bonds is 11. The third kappa shape index (κ3) is 9.23. The molecule has 2 amide bonds. The van der Waals surface area contributed by atoms with Gasteiger partial charge in [0.25, 0.3) is 5.91 Å². The Morgan fingerprint density at radius 3 is 2.45 bits per heavy atom. The minimum Gasteiger partial charge on any atom is -0.444 e. The van der Waals surface area contributed by atoms with E-state index in [-0.39, 0.29) is 12.0 Å². The zero-order chi connectivity index (χ0) is 29.3. The molecular weight excluding hydrogens is 522 g/mol. The summed E-state index contributed by atoms with van der Waals surface area (Å²) in [6, 6.07) is 10.0. The topological polar surface area (TPSA) is 92.6 Å². The molecule has 0 saturated carbocycles. The van der Waals surface area contributed by atoms with Crippen molar-refractivity contribution in [1.82, 2.24) is 9.80 Å². The summed E-state index contributed by atoms with van der Waals surface area (Å²) in [4.78, 5) is 39.6. The molecule has 1 aliphatic rings. The van der Waals surface area contributed by atoms with Crippen LogP contribution in [0.5, 0.6) is 0 Å². The van der Waals surface area contributed by atoms with Gasteiger partial charge in [0.2, 0.25) is 6.54 Å². The number of aliphatic imine (C=N–C) groups is 1. The number of aryl methyl sites for hydroxylation is 1. The van der Waals surface area contributed by atoms with E-state index in [9.17, 15) is 9.59 Å². The van der Waals surface area contributed by atoms with E-state index in [0.29, 0.717) is 44.0 Å². The quantitative estimate of drug-likeness (QED) is 0.247. The number of benzene rings is 1. The van der Waals surface area contributed by atoms with E-state index in [2.05, 4.69) is 22.8 Å². The second kappa shape index (κ2) is 14.1. The number of carbonyl (C=O) groups excluding carboxylic acids is 2. The number of nitrogens with two attached hydrogens (primary N) is 1. The van der Waals surface area contributed by atoms with Gasteiger partial charge in [-0.25, -0.2) is 16.4 Å². The predicted octanol–water partition coefficient (Wildman–Crippen LogP) is 6.57. The molecule has 214 valence electrons. The number of unbranched alkanes of at least 4 members (excludes halogenated alkanes) is 1. The molecule has 1 aromatic heterocycles. The van der Waals surface area contributed by atoms with Crippen LogP contribution in [0.15, 0.2) is 40.9 Å². The Balaban J connectivity index is 1.70. The summed E-state index contributed by atoms with van der Waals surface area (Å²) in [7, 11) is 1.72. The van der Waals surface area contributed by atoms with Gasteiger partial charge in [-0.05, 0) is 63.3 Å². The molecule has 3 rings (SSSR count). The number of ether oxygens (including phenoxy) is 1. The van der Waals surface area contributed by atoms with Crippen LogP contribution in [0.3, 0.4) is 0 Å². The first-order valence-corrected chi connectivity index (χ1v) is 14.6. The van der Waals surface area contributed by atoms with Crippen LogP contribution in [0.4, 0.5) is 10.5 Å². The van der Waals surface area contributed by atoms with Gasteiger partial charge in [-0.2, -0.15) is 0 Å². The second-order valence-electron chi connectivity index (χ2n) is 11.1. The SMILES string of the molecule is [C-]#[N+]CCCCc1cc2c(s1)C=C(C(=O)N(CCC)Cc1ccc(CN(C)C(=O)OC(C)(C)C)cc1)CC(N)=N2. The van der Waals surface area contributed by atoms with Crippen LogP contribution in [0.1, 0.15) is 74.3 Å². The molecule has 9 heteroatoms. The van der Waals surface area contributed by atoms with E-state index >= 15 is 0 Å². The number of nitrogens with zero attached hydrogens (tertiary/aromatic N) is 4. The van der Waals surface area contributed by atoms with Crippen LogP contribution in [0.25, 0.3) is 10.9 Å². The molecule has 0 bridgehead atoms. The molecule has 1 aliphatic heterocycles. The molecule has 40 heavy (non-hydrogen) atoms. The fourth-order valence-electron chi connectivity index (χ4n) is 4.36. The Morgan fingerprint density at radius 2 is 1.82 bits per heavy atom. The summed E-state index contributed by atoms with van der Waals surface area (Å²) >= 11 is 1.65. The van der Waals surface area contributed by atoms with Crippen LogP contribution in [-0.4, -0.2) is 53.4 Å². The van der Waals surface area contributed by atoms with Gasteiger partial charge in [-0.15, -0.1) is 11.3 Å². The maximum Gasteiger partial charge on any atom is 0.410 e. The highest BCUT2D eigenvalue weighted by atomic mass is 32.1. The minimum absolute atomic E-state index is 0.0337. The van der Waals surface area contributed by atoms with Crippen molar-refractivity contribution in [3.8, 4) is 0 Å². The van der Waals surface area contributed by atoms with Crippen molar-refractivity contribution >= 4 is 40.9 Å². The lowest BCUT2D eigenvalue weighted by Gasteiger charge is -2.25. The van der Waals surface area contributed by atoms with Crippen LogP contribution < -0.4 is 5.73 Å². The van der Waals surface area contributed by atoms with Crippen LogP contribution in [0, 0.1) is 6.57 Å². The summed E-state index contributed by atoms with van der Waals surface area (Å²) in [5, 5.41) is 0. The number of fused-ring (bicyclic) bond motifs is 1. The van der Waals surface area contributed by atoms with Crippen LogP contribution in [0.2, 0.25) is 0 Å². The van der Waals surface area contributed by atoms with Gasteiger partial charge in [0.15, 0.2) is 0 Å². The molecule has 2 heterocycles. The van der Waals surface area contributed by atoms with Crippen molar-refractivity contribution in [3.05, 3.63) is 68.2 Å². The molecule has 8 nitrogen and oxygen atoms in total. The highest BCUT2D eigenvalue weighted by Crippen LogP contribution is 2.35. The van der Waals surface area contributed by atoms with Gasteiger partial charge >= 0.3 is 6.09 Å². The summed E-state index contributed by atoms with van der Waals surface area (Å²) < 4.78 is 5.44. The third-order valence-electron chi connectivity index (χ3n) is 6.25. The van der Waals surface area contributed by atoms with Crippen molar-refractivity contribution in [2.45, 2.75) is 78.5 Å². The van der Waals surface area contributed by atoms with Crippen molar-refractivity contribution in [2.75, 3.05) is 20.1 Å². The Hall–Kier alpha value is -3.64. The fourth-order valence-corrected chi connectivity index (χ4v) is 5.47. The molecule has 0 unspecified atom stereocenters. The maximum atomic E-state index is 13.7. The molecular formula is C31H41N5O3S. The number of carbonyl (C=O) groups is 2. The highest BCUT2D eigenvalue weighted by Gasteiger charge is 2.23. The number of thiophene rings is 1. The second-order valence-corrected chi connectivity index (χ2v) is 12.3. The third-order valence-corrected chi connectivity index (χ3v) is 7.38. The Labute approximate surface area is 242 Å². The van der Waals surface area contributed by atoms with Crippen molar-refractivity contribution in [1.29, 1.82) is 0 Å². The van der Waals surface area contributed by atoms with Gasteiger partial charge in [-0.3, -0.25) is 4.79 Å². The predicted molar refractivity (Wildman–Crippen MR) is 162 cm³/mol. The maximum absolute atomic E-state index is 13.7. The molecule has 1 aromatic carbocycles. The zero-order valence-electron chi connectivity index (χ0n) is 24.3. The lowest BCUT2D eigenvalue weighted by Crippen LogP contribution is -2.34. The Kier molecular flexibility index (Phi) is 10.9. The Bertz CT molecular complexity index is 1280. The fraction of sp³-hybridized carbons (Fsp3) is 0.484. The molecule has 0 saturated heterocycles. The molecule has 2 N–H and O–H groups in total. The normalized spacial score (nSPS) is 12.9. The molecule has 0 aliphatic carbocycles. The van der Waals surface area contributed by atoms with E-state index in [1.165, 1.54) is 4.88 Å². The van der Waals surface area contributed by atoms with E-state index in [0.717, 1.165) is 47.4 Å². The van der Waals surface area contributed by atoms with Crippen molar-refractivity contribution in [3.63, 3.8) is 0 Å². The lowest BCUT2D eigenvalue weighted by atomic mass is 10.1. The summed E-state index contributed by atoms with van der Waals surface area (Å²) in [5.41, 5.74) is 9.16. The minimum atomic E-state index is -0.541. The van der Waals surface area contributed by atoms with E-state index in [4.69, 9.17) is 17.0 Å². The largest absolute Gasteiger partial charge is 0.444 e. The highest BCUT2D eigenvalue weighted by molar-refractivity contribution is 7.13. The van der Waals surface area contributed by atoms with E-state index in [1.807, 2.05) is 56.0 Å². The summed E-state index contributed by atoms with van der Waals surface area (Å²) in [6.07, 6.45) is 5.47. The smallest absolute Gasteiger partial charge is 0.410 e. The number of amidine groups is 1.